The van der Waals surface area contributed by atoms with Gasteiger partial charge in [0.2, 0.25) is 0 Å². The molecule has 8 nitrogen and oxygen atoms in total. The van der Waals surface area contributed by atoms with Crippen molar-refractivity contribution in [3.05, 3.63) is 11.6 Å². The normalized spacial score (nSPS) is 58.4. The van der Waals surface area contributed by atoms with Crippen molar-refractivity contribution in [1.29, 1.82) is 0 Å². The van der Waals surface area contributed by atoms with Crippen molar-refractivity contribution < 1.29 is 39.9 Å². The predicted octanol–water partition coefficient (Wildman–Crippen LogP) is -1.09. The van der Waals surface area contributed by atoms with Gasteiger partial charge in [0.1, 0.15) is 18.3 Å². The van der Waals surface area contributed by atoms with Crippen molar-refractivity contribution >= 4 is 11.8 Å². The lowest BCUT2D eigenvalue weighted by Gasteiger charge is -2.70. The van der Waals surface area contributed by atoms with Crippen molar-refractivity contribution in [3.8, 4) is 0 Å². The second-order valence-corrected chi connectivity index (χ2v) is 9.70. The Morgan fingerprint density at radius 2 is 1.64 bits per heavy atom. The molecule has 5 N–H and O–H groups in total. The molecule has 8 heteroatoms. The first-order valence-corrected chi connectivity index (χ1v) is 9.67. The molecule has 0 aromatic carbocycles. The van der Waals surface area contributed by atoms with E-state index in [0.717, 1.165) is 0 Å². The third-order valence-electron chi connectivity index (χ3n) is 8.39. The van der Waals surface area contributed by atoms with E-state index in [1.165, 1.54) is 13.0 Å². The number of ketones is 1. The molecule has 0 bridgehead atoms. The van der Waals surface area contributed by atoms with E-state index in [0.29, 0.717) is 5.57 Å². The van der Waals surface area contributed by atoms with Gasteiger partial charge in [0.25, 0.3) is 0 Å². The second kappa shape index (κ2) is 5.64. The van der Waals surface area contributed by atoms with Gasteiger partial charge in [0, 0.05) is 22.7 Å². The molecule has 0 radical (unpaired) electrons. The van der Waals surface area contributed by atoms with Crippen LogP contribution in [0, 0.1) is 28.6 Å². The van der Waals surface area contributed by atoms with Crippen LogP contribution in [0.4, 0.5) is 0 Å². The number of hydrogen-bond acceptors (Lipinski definition) is 8. The molecule has 4 aliphatic rings. The molecular formula is C20H28O8. The first-order chi connectivity index (χ1) is 12.8. The molecule has 0 unspecified atom stereocenters. The van der Waals surface area contributed by atoms with E-state index >= 15 is 0 Å². The summed E-state index contributed by atoms with van der Waals surface area (Å²) < 4.78 is 5.54. The van der Waals surface area contributed by atoms with Crippen LogP contribution in [0.5, 0.6) is 0 Å². The Hall–Kier alpha value is -1.32. The molecule has 0 spiro atoms. The van der Waals surface area contributed by atoms with Crippen LogP contribution in [-0.2, 0) is 14.3 Å². The number of esters is 1. The second-order valence-electron chi connectivity index (χ2n) is 9.70. The number of carbonyl (C=O) groups excluding carboxylic acids is 2. The Morgan fingerprint density at radius 1 is 1.04 bits per heavy atom. The molecule has 2 saturated carbocycles. The Balaban J connectivity index is 1.99. The van der Waals surface area contributed by atoms with Crippen LogP contribution >= 0.6 is 0 Å². The fourth-order valence-corrected chi connectivity index (χ4v) is 7.21. The number of carbonyl (C=O) groups is 2. The first-order valence-electron chi connectivity index (χ1n) is 9.67. The highest BCUT2D eigenvalue weighted by Gasteiger charge is 2.76. The summed E-state index contributed by atoms with van der Waals surface area (Å²) >= 11 is 0. The minimum Gasteiger partial charge on any atom is -0.460 e. The Kier molecular flexibility index (Phi) is 4.02. The maximum absolute atomic E-state index is 12.5. The molecule has 1 heterocycles. The summed E-state index contributed by atoms with van der Waals surface area (Å²) in [7, 11) is 0. The maximum atomic E-state index is 12.5. The zero-order valence-electron chi connectivity index (χ0n) is 16.4. The summed E-state index contributed by atoms with van der Waals surface area (Å²) in [6, 6.07) is 0. The number of aliphatic hydroxyl groups excluding tert-OH is 4. The van der Waals surface area contributed by atoms with Gasteiger partial charge in [-0.3, -0.25) is 4.79 Å². The minimum atomic E-state index is -1.97. The molecule has 11 atom stereocenters. The Labute approximate surface area is 162 Å². The molecule has 3 fully saturated rings. The maximum Gasteiger partial charge on any atom is 0.335 e. The molecule has 3 aliphatic carbocycles. The number of hydrogen-bond donors (Lipinski definition) is 5. The molecule has 0 amide bonds. The Bertz CT molecular complexity index is 774. The zero-order chi connectivity index (χ0) is 21.0. The summed E-state index contributed by atoms with van der Waals surface area (Å²) in [4.78, 5) is 24.8. The van der Waals surface area contributed by atoms with E-state index in [1.54, 1.807) is 20.8 Å². The zero-order valence-corrected chi connectivity index (χ0v) is 16.4. The Morgan fingerprint density at radius 3 is 2.25 bits per heavy atom. The summed E-state index contributed by atoms with van der Waals surface area (Å²) in [5.41, 5.74) is -3.60. The quantitative estimate of drug-likeness (QED) is 0.325. The van der Waals surface area contributed by atoms with E-state index in [-0.39, 0.29) is 12.3 Å². The average Bonchev–Trinajstić information content (AvgIpc) is 2.58. The average molecular weight is 396 g/mol. The predicted molar refractivity (Wildman–Crippen MR) is 94.6 cm³/mol. The summed E-state index contributed by atoms with van der Waals surface area (Å²) in [5.74, 6) is -3.79. The molecule has 156 valence electrons. The third kappa shape index (κ3) is 2.02. The highest BCUT2D eigenvalue weighted by molar-refractivity contribution is 5.96. The monoisotopic (exact) mass is 396 g/mol. The van der Waals surface area contributed by atoms with Crippen LogP contribution in [0.3, 0.4) is 0 Å². The van der Waals surface area contributed by atoms with E-state index in [1.807, 2.05) is 0 Å². The molecule has 4 rings (SSSR count). The number of allylic oxidation sites excluding steroid dienone is 1. The molecule has 0 aromatic heterocycles. The van der Waals surface area contributed by atoms with Gasteiger partial charge in [-0.15, -0.1) is 0 Å². The number of aliphatic hydroxyl groups is 5. The van der Waals surface area contributed by atoms with Crippen LogP contribution in [0.2, 0.25) is 0 Å². The van der Waals surface area contributed by atoms with E-state index in [2.05, 4.69) is 0 Å². The standard InChI is InChI=1S/C20H28O8/c1-7-5-9(21)15(24)18(2)8(7)6-10-19(3)13(18)11(22)16(25)20(4,27)14(19)12(23)17(26)28-10/h5,8,10-16,22-25,27H,6H2,1-4H3/t8-,10+,11-,12+,13+,14+,15+,16+,18-,19+,20-/m0/s1. The topological polar surface area (TPSA) is 145 Å². The number of fused-ring (bicyclic) bond motifs is 2. The van der Waals surface area contributed by atoms with Crippen molar-refractivity contribution in [2.45, 2.75) is 70.2 Å². The fourth-order valence-electron chi connectivity index (χ4n) is 7.21. The van der Waals surface area contributed by atoms with Crippen LogP contribution in [0.25, 0.3) is 0 Å². The fraction of sp³-hybridized carbons (Fsp3) is 0.800. The minimum absolute atomic E-state index is 0.282. The van der Waals surface area contributed by atoms with Crippen molar-refractivity contribution in [2.75, 3.05) is 0 Å². The first kappa shape index (κ1) is 20.0. The summed E-state index contributed by atoms with van der Waals surface area (Å²) in [6.45, 7) is 6.43. The molecule has 1 aliphatic heterocycles. The molecule has 0 aromatic rings. The lowest BCUT2D eigenvalue weighted by Crippen LogP contribution is -2.80. The van der Waals surface area contributed by atoms with Crippen LogP contribution in [0.15, 0.2) is 11.6 Å². The van der Waals surface area contributed by atoms with Gasteiger partial charge in [0.05, 0.1) is 11.7 Å². The largest absolute Gasteiger partial charge is 0.460 e. The van der Waals surface area contributed by atoms with Gasteiger partial charge in [-0.25, -0.2) is 4.79 Å². The molecule has 1 saturated heterocycles. The summed E-state index contributed by atoms with van der Waals surface area (Å²) in [6.07, 6.45) is -5.40. The number of rotatable bonds is 0. The van der Waals surface area contributed by atoms with Crippen molar-refractivity contribution in [3.63, 3.8) is 0 Å². The summed E-state index contributed by atoms with van der Waals surface area (Å²) in [5, 5.41) is 54.4. The van der Waals surface area contributed by atoms with Crippen LogP contribution in [-0.4, -0.2) is 73.4 Å². The van der Waals surface area contributed by atoms with E-state index < -0.39 is 70.5 Å². The van der Waals surface area contributed by atoms with Crippen LogP contribution in [0.1, 0.15) is 34.1 Å². The lowest BCUT2D eigenvalue weighted by molar-refractivity contribution is -0.335. The van der Waals surface area contributed by atoms with Crippen LogP contribution < -0.4 is 0 Å². The van der Waals surface area contributed by atoms with Gasteiger partial charge in [-0.2, -0.15) is 0 Å². The van der Waals surface area contributed by atoms with Gasteiger partial charge in [0.15, 0.2) is 11.9 Å². The smallest absolute Gasteiger partial charge is 0.335 e. The highest BCUT2D eigenvalue weighted by Crippen LogP contribution is 2.68. The highest BCUT2D eigenvalue weighted by atomic mass is 16.6. The third-order valence-corrected chi connectivity index (χ3v) is 8.39. The van der Waals surface area contributed by atoms with Gasteiger partial charge in [-0.05, 0) is 32.3 Å². The molecule has 28 heavy (non-hydrogen) atoms. The van der Waals surface area contributed by atoms with Gasteiger partial charge in [-0.1, -0.05) is 19.4 Å². The van der Waals surface area contributed by atoms with Gasteiger partial charge < -0.3 is 30.3 Å². The van der Waals surface area contributed by atoms with E-state index in [9.17, 15) is 35.1 Å². The number of ether oxygens (including phenoxy) is 1. The lowest BCUT2D eigenvalue weighted by atomic mass is 9.37. The van der Waals surface area contributed by atoms with E-state index in [4.69, 9.17) is 4.74 Å². The van der Waals surface area contributed by atoms with Gasteiger partial charge >= 0.3 is 5.97 Å². The molecular weight excluding hydrogens is 368 g/mol. The SMILES string of the molecule is CC1=CC(=O)[C@@H](O)[C@]2(C)[C@H]3[C@H](O)[C@@H](O)[C@@](C)(O)[C@@H]4[C@@H](O)C(=O)O[C@H](C[C@@H]12)[C@]34C. The van der Waals surface area contributed by atoms with Crippen molar-refractivity contribution in [2.24, 2.45) is 28.6 Å². The van der Waals surface area contributed by atoms with Crippen molar-refractivity contribution in [1.82, 2.24) is 0 Å².